The van der Waals surface area contributed by atoms with Gasteiger partial charge in [0.2, 0.25) is 0 Å². The van der Waals surface area contributed by atoms with E-state index in [9.17, 15) is 9.36 Å². The van der Waals surface area contributed by atoms with E-state index < -0.39 is 26.4 Å². The van der Waals surface area contributed by atoms with Gasteiger partial charge in [-0.1, -0.05) is 0 Å². The van der Waals surface area contributed by atoms with Crippen molar-refractivity contribution in [3.05, 3.63) is 0 Å². The molecule has 0 aromatic rings. The van der Waals surface area contributed by atoms with E-state index in [4.69, 9.17) is 14.9 Å². The van der Waals surface area contributed by atoms with Crippen molar-refractivity contribution in [3.63, 3.8) is 0 Å². The molecule has 0 aliphatic rings. The van der Waals surface area contributed by atoms with Crippen LogP contribution in [0.2, 0.25) is 0 Å². The first-order valence-corrected chi connectivity index (χ1v) is 4.18. The molecule has 0 spiro atoms. The van der Waals surface area contributed by atoms with Gasteiger partial charge in [-0.2, -0.15) is 0 Å². The van der Waals surface area contributed by atoms with Gasteiger partial charge < -0.3 is 14.9 Å². The number of hydrogen-bond acceptors (Lipinski definition) is 3. The quantitative estimate of drug-likeness (QED) is 0.308. The van der Waals surface area contributed by atoms with Crippen LogP contribution in [-0.4, -0.2) is 63.3 Å². The Bertz CT molecular complexity index is 167. The summed E-state index contributed by atoms with van der Waals surface area (Å²) < 4.78 is 10.1. The molecule has 8 heteroatoms. The molecule has 0 radical (unpaired) electrons. The number of rotatable bonds is 4. The third-order valence-corrected chi connectivity index (χ3v) is 1.23. The van der Waals surface area contributed by atoms with Gasteiger partial charge in [-0.25, -0.2) is 0 Å². The number of nitrogens with one attached hydrogen (secondary N) is 1. The molecule has 0 saturated carbocycles. The molecule has 0 saturated heterocycles. The van der Waals surface area contributed by atoms with Crippen LogP contribution in [0.5, 0.6) is 0 Å². The zero-order valence-electron chi connectivity index (χ0n) is 5.02. The van der Waals surface area contributed by atoms with E-state index in [0.29, 0.717) is 0 Å². The predicted molar refractivity (Wildman–Crippen MR) is 39.7 cm³/mol. The van der Waals surface area contributed by atoms with Crippen molar-refractivity contribution in [2.45, 2.75) is 0 Å². The molecule has 0 rings (SSSR count). The Hall–Kier alpha value is 0.580. The van der Waals surface area contributed by atoms with Gasteiger partial charge in [-0.15, -0.1) is 0 Å². The zero-order chi connectivity index (χ0) is 8.20. The average Bonchev–Trinajstić information content (AvgIpc) is 1.59. The fourth-order valence-electron chi connectivity index (χ4n) is 0.308. The van der Waals surface area contributed by atoms with E-state index in [-0.39, 0.29) is 29.6 Å². The van der Waals surface area contributed by atoms with E-state index in [0.717, 1.165) is 0 Å². The summed E-state index contributed by atoms with van der Waals surface area (Å²) in [5.74, 6) is -1.14. The molecule has 6 nitrogen and oxygen atoms in total. The Kier molecular flexibility index (Phi) is 7.88. The van der Waals surface area contributed by atoms with Crippen LogP contribution < -0.4 is 5.32 Å². The molecule has 0 aliphatic carbocycles. The number of carbonyl (C=O) groups is 1. The molecule has 0 heterocycles. The second kappa shape index (κ2) is 6.14. The van der Waals surface area contributed by atoms with Crippen molar-refractivity contribution in [1.82, 2.24) is 5.32 Å². The molecule has 0 aromatic carbocycles. The second-order valence-electron chi connectivity index (χ2n) is 1.64. The van der Waals surface area contributed by atoms with Gasteiger partial charge in [0, 0.05) is 0 Å². The Morgan fingerprint density at radius 3 is 2.18 bits per heavy atom. The molecule has 4 N–H and O–H groups in total. The molecule has 0 bridgehead atoms. The molecule has 0 amide bonds. The minimum absolute atomic E-state index is 0. The number of carboxylic acid groups (broad SMARTS) is 1. The normalized spacial score (nSPS) is 10.4. The van der Waals surface area contributed by atoms with Gasteiger partial charge in [0.15, 0.2) is 0 Å². The third kappa shape index (κ3) is 13.6. The van der Waals surface area contributed by atoms with Gasteiger partial charge in [-0.3, -0.25) is 14.7 Å². The number of aliphatic carboxylic acids is 1. The Balaban J connectivity index is 0. The van der Waals surface area contributed by atoms with Gasteiger partial charge >= 0.3 is 43.1 Å². The molecule has 0 aliphatic heterocycles. The number of hydrogen-bond donors (Lipinski definition) is 4. The molecule has 0 atom stereocenters. The topological polar surface area (TPSA) is 107 Å². The van der Waals surface area contributed by atoms with Crippen LogP contribution in [0.4, 0.5) is 0 Å². The Morgan fingerprint density at radius 1 is 1.45 bits per heavy atom. The van der Waals surface area contributed by atoms with Crippen molar-refractivity contribution < 1.29 is 24.3 Å². The minimum atomic E-state index is -4.10. The average molecular weight is 193 g/mol. The van der Waals surface area contributed by atoms with Gasteiger partial charge in [0.25, 0.3) is 0 Å². The van der Waals surface area contributed by atoms with E-state index >= 15 is 0 Å². The van der Waals surface area contributed by atoms with Crippen molar-refractivity contribution in [3.8, 4) is 0 Å². The molecule has 62 valence electrons. The second-order valence-corrected chi connectivity index (χ2v) is 3.29. The first-order valence-electron chi connectivity index (χ1n) is 2.39. The van der Waals surface area contributed by atoms with Gasteiger partial charge in [0.1, 0.15) is 0 Å². The van der Waals surface area contributed by atoms with Crippen LogP contribution in [0.3, 0.4) is 0 Å². The predicted octanol–water partition coefficient (Wildman–Crippen LogP) is -1.85. The summed E-state index contributed by atoms with van der Waals surface area (Å²) in [6, 6.07) is 0. The van der Waals surface area contributed by atoms with Gasteiger partial charge in [0.05, 0.1) is 12.8 Å². The van der Waals surface area contributed by atoms with Crippen molar-refractivity contribution >= 4 is 43.1 Å². The first-order chi connectivity index (χ1) is 4.42. The molecule has 0 aromatic heterocycles. The molecule has 11 heavy (non-hydrogen) atoms. The van der Waals surface area contributed by atoms with Crippen LogP contribution in [0.15, 0.2) is 0 Å². The monoisotopic (exact) mass is 193 g/mol. The first kappa shape index (κ1) is 14.1. The number of carboxylic acids is 1. The SMILES string of the molecule is O=C(O)CNCP(=O)(O)O.[NaH]. The van der Waals surface area contributed by atoms with Crippen molar-refractivity contribution in [1.29, 1.82) is 0 Å². The maximum atomic E-state index is 10.1. The van der Waals surface area contributed by atoms with Crippen molar-refractivity contribution in [2.24, 2.45) is 0 Å². The summed E-state index contributed by atoms with van der Waals surface area (Å²) in [5, 5.41) is 10.1. The molecular formula is C3H9NNaO5P. The summed E-state index contributed by atoms with van der Waals surface area (Å²) in [4.78, 5) is 26.1. The summed E-state index contributed by atoms with van der Waals surface area (Å²) in [7, 11) is -4.10. The molecular weight excluding hydrogens is 184 g/mol. The van der Waals surface area contributed by atoms with Crippen LogP contribution in [0.25, 0.3) is 0 Å². The maximum absolute atomic E-state index is 10.1. The Morgan fingerprint density at radius 2 is 1.91 bits per heavy atom. The van der Waals surface area contributed by atoms with Crippen LogP contribution in [0.1, 0.15) is 0 Å². The summed E-state index contributed by atoms with van der Waals surface area (Å²) in [6.45, 7) is -0.439. The zero-order valence-corrected chi connectivity index (χ0v) is 5.91. The summed E-state index contributed by atoms with van der Waals surface area (Å²) in [5.41, 5.74) is 0. The van der Waals surface area contributed by atoms with Crippen molar-refractivity contribution in [2.75, 3.05) is 12.8 Å². The van der Waals surface area contributed by atoms with E-state index in [1.807, 2.05) is 0 Å². The van der Waals surface area contributed by atoms with Crippen LogP contribution >= 0.6 is 7.60 Å². The molecule has 0 unspecified atom stereocenters. The fraction of sp³-hybridized carbons (Fsp3) is 0.667. The van der Waals surface area contributed by atoms with E-state index in [1.54, 1.807) is 0 Å². The fourth-order valence-corrected chi connectivity index (χ4v) is 0.712. The van der Waals surface area contributed by atoms with Crippen LogP contribution in [-0.2, 0) is 9.36 Å². The van der Waals surface area contributed by atoms with Crippen LogP contribution in [0, 0.1) is 0 Å². The summed E-state index contributed by atoms with van der Waals surface area (Å²) in [6.07, 6.45) is -0.598. The Labute approximate surface area is 85.4 Å². The van der Waals surface area contributed by atoms with E-state index in [1.165, 1.54) is 0 Å². The van der Waals surface area contributed by atoms with E-state index in [2.05, 4.69) is 5.32 Å². The standard InChI is InChI=1S/C3H8NO5P.Na.H/c5-3(6)1-4-2-10(7,8)9;;/h4H,1-2H2,(H,5,6)(H2,7,8,9);;. The molecule has 0 fully saturated rings. The third-order valence-electron chi connectivity index (χ3n) is 0.594. The summed E-state index contributed by atoms with van der Waals surface area (Å²) >= 11 is 0. The van der Waals surface area contributed by atoms with Gasteiger partial charge in [-0.05, 0) is 0 Å².